The average molecular weight is 582 g/mol. The number of benzene rings is 1. The number of rotatable bonds is 8. The number of aromatic nitrogens is 4. The molecule has 0 saturated carbocycles. The van der Waals surface area contributed by atoms with Crippen LogP contribution in [0, 0.1) is 0 Å². The van der Waals surface area contributed by atoms with Gasteiger partial charge in [0.05, 0.1) is 12.1 Å². The molecular formula is C24H27ClF3N9OS. The molecule has 0 spiro atoms. The molecule has 2 aliphatic rings. The summed E-state index contributed by atoms with van der Waals surface area (Å²) in [6, 6.07) is 7.61. The largest absolute Gasteiger partial charge is 0.416 e. The molecule has 2 N–H and O–H groups in total. The Balaban J connectivity index is 1.04. The molecule has 1 atom stereocenters. The zero-order chi connectivity index (χ0) is 27.4. The minimum atomic E-state index is -4.44. The number of hydrogen-bond acceptors (Lipinski definition) is 10. The van der Waals surface area contributed by atoms with Gasteiger partial charge in [-0.2, -0.15) is 18.3 Å². The number of carbonyl (C=O) groups excluding carboxylic acids is 1. The monoisotopic (exact) mass is 581 g/mol. The van der Waals surface area contributed by atoms with E-state index in [1.807, 2.05) is 17.0 Å². The number of nitrogens with zero attached hydrogens (tertiary/aromatic N) is 7. The lowest BCUT2D eigenvalue weighted by Crippen LogP contribution is -2.48. The van der Waals surface area contributed by atoms with Gasteiger partial charge in [-0.05, 0) is 42.3 Å². The Hall–Kier alpha value is -3.07. The summed E-state index contributed by atoms with van der Waals surface area (Å²) in [5.41, 5.74) is -0.233. The van der Waals surface area contributed by atoms with E-state index in [1.54, 1.807) is 12.3 Å². The van der Waals surface area contributed by atoms with Crippen LogP contribution in [-0.2, 0) is 17.5 Å². The first kappa shape index (κ1) is 27.5. The van der Waals surface area contributed by atoms with Crippen LogP contribution < -0.4 is 15.5 Å². The van der Waals surface area contributed by atoms with Crippen LogP contribution >= 0.6 is 22.9 Å². The summed E-state index contributed by atoms with van der Waals surface area (Å²) in [4.78, 5) is 18.8. The molecule has 0 aliphatic carbocycles. The van der Waals surface area contributed by atoms with Crippen molar-refractivity contribution in [2.45, 2.75) is 25.2 Å². The van der Waals surface area contributed by atoms with Crippen molar-refractivity contribution >= 4 is 44.9 Å². The molecule has 10 nitrogen and oxygen atoms in total. The van der Waals surface area contributed by atoms with Gasteiger partial charge in [0.25, 0.3) is 0 Å². The van der Waals surface area contributed by atoms with E-state index >= 15 is 0 Å². The van der Waals surface area contributed by atoms with Crippen molar-refractivity contribution in [3.05, 3.63) is 52.7 Å². The van der Waals surface area contributed by atoms with Gasteiger partial charge in [-0.15, -0.1) is 15.3 Å². The quantitative estimate of drug-likeness (QED) is 0.414. The van der Waals surface area contributed by atoms with Gasteiger partial charge in [-0.1, -0.05) is 22.9 Å². The molecule has 39 heavy (non-hydrogen) atoms. The fraction of sp³-hybridized carbons (Fsp3) is 0.458. The zero-order valence-corrected chi connectivity index (χ0v) is 22.4. The first-order valence-corrected chi connectivity index (χ1v) is 13.6. The minimum Gasteiger partial charge on any atom is -0.355 e. The molecule has 3 aromatic rings. The molecule has 208 valence electrons. The Bertz CT molecular complexity index is 1270. The summed E-state index contributed by atoms with van der Waals surface area (Å²) in [6.07, 6.45) is -1.87. The van der Waals surface area contributed by atoms with Crippen LogP contribution in [0.5, 0.6) is 0 Å². The van der Waals surface area contributed by atoms with Gasteiger partial charge in [0.2, 0.25) is 16.2 Å². The highest BCUT2D eigenvalue weighted by atomic mass is 35.5. The number of halogens is 4. The van der Waals surface area contributed by atoms with Crippen molar-refractivity contribution in [2.75, 3.05) is 61.3 Å². The molecule has 2 aromatic heterocycles. The van der Waals surface area contributed by atoms with E-state index in [0.29, 0.717) is 48.6 Å². The SMILES string of the molecule is O=C(CN1CCN(Cc2cc(Cl)cc(C(F)(F)F)c2)CC1)Nc1nnc(N[C@@H]2CCN(c3cccnn3)C2)s1. The van der Waals surface area contributed by atoms with Crippen LogP contribution in [-0.4, -0.2) is 88.0 Å². The van der Waals surface area contributed by atoms with Crippen molar-refractivity contribution in [1.29, 1.82) is 0 Å². The van der Waals surface area contributed by atoms with Crippen molar-refractivity contribution in [3.8, 4) is 0 Å². The average Bonchev–Trinajstić information content (AvgIpc) is 3.54. The summed E-state index contributed by atoms with van der Waals surface area (Å²) in [5, 5.41) is 23.6. The number of hydrogen-bond donors (Lipinski definition) is 2. The summed E-state index contributed by atoms with van der Waals surface area (Å²) in [6.45, 7) is 4.68. The second kappa shape index (κ2) is 12.0. The lowest BCUT2D eigenvalue weighted by atomic mass is 10.1. The smallest absolute Gasteiger partial charge is 0.355 e. The van der Waals surface area contributed by atoms with Gasteiger partial charge in [-0.25, -0.2) is 0 Å². The molecule has 1 aromatic carbocycles. The molecule has 1 amide bonds. The topological polar surface area (TPSA) is 102 Å². The van der Waals surface area contributed by atoms with Crippen molar-refractivity contribution in [1.82, 2.24) is 30.2 Å². The van der Waals surface area contributed by atoms with Crippen LogP contribution in [0.15, 0.2) is 36.5 Å². The summed E-state index contributed by atoms with van der Waals surface area (Å²) < 4.78 is 39.3. The van der Waals surface area contributed by atoms with Gasteiger partial charge < -0.3 is 10.2 Å². The second-order valence-electron chi connectivity index (χ2n) is 9.52. The van der Waals surface area contributed by atoms with E-state index in [2.05, 4.69) is 40.8 Å². The Morgan fingerprint density at radius 3 is 2.56 bits per heavy atom. The highest BCUT2D eigenvalue weighted by Crippen LogP contribution is 2.32. The maximum atomic E-state index is 13.1. The maximum Gasteiger partial charge on any atom is 0.416 e. The van der Waals surface area contributed by atoms with Crippen LogP contribution in [0.4, 0.5) is 29.3 Å². The van der Waals surface area contributed by atoms with Gasteiger partial charge in [0.1, 0.15) is 0 Å². The molecule has 0 bridgehead atoms. The van der Waals surface area contributed by atoms with Crippen LogP contribution in [0.1, 0.15) is 17.5 Å². The molecule has 2 fully saturated rings. The molecular weight excluding hydrogens is 555 g/mol. The number of amides is 1. The number of anilines is 3. The number of alkyl halides is 3. The summed E-state index contributed by atoms with van der Waals surface area (Å²) >= 11 is 7.19. The van der Waals surface area contributed by atoms with Crippen LogP contribution in [0.25, 0.3) is 0 Å². The Kier molecular flexibility index (Phi) is 8.45. The normalized spacial score (nSPS) is 18.9. The molecule has 2 aliphatic heterocycles. The molecule has 5 rings (SSSR count). The Morgan fingerprint density at radius 1 is 1.05 bits per heavy atom. The third kappa shape index (κ3) is 7.53. The second-order valence-corrected chi connectivity index (χ2v) is 10.9. The third-order valence-corrected chi connectivity index (χ3v) is 7.58. The number of nitrogens with one attached hydrogen (secondary N) is 2. The molecule has 2 saturated heterocycles. The molecule has 0 radical (unpaired) electrons. The molecule has 15 heteroatoms. The van der Waals surface area contributed by atoms with Crippen LogP contribution in [0.2, 0.25) is 5.02 Å². The van der Waals surface area contributed by atoms with Gasteiger partial charge in [0, 0.05) is 63.1 Å². The highest BCUT2D eigenvalue weighted by Gasteiger charge is 2.31. The number of piperazine rings is 1. The fourth-order valence-electron chi connectivity index (χ4n) is 4.69. The summed E-state index contributed by atoms with van der Waals surface area (Å²) in [7, 11) is 0. The van der Waals surface area contributed by atoms with E-state index in [0.717, 1.165) is 37.5 Å². The third-order valence-electron chi connectivity index (χ3n) is 6.59. The first-order chi connectivity index (χ1) is 18.7. The van der Waals surface area contributed by atoms with Gasteiger partial charge in [0.15, 0.2) is 5.82 Å². The van der Waals surface area contributed by atoms with Gasteiger partial charge in [-0.3, -0.25) is 19.9 Å². The minimum absolute atomic E-state index is 0.0671. The van der Waals surface area contributed by atoms with E-state index in [4.69, 9.17) is 11.6 Å². The van der Waals surface area contributed by atoms with E-state index in [1.165, 1.54) is 11.3 Å². The lowest BCUT2D eigenvalue weighted by molar-refractivity contribution is -0.137. The Morgan fingerprint density at radius 2 is 1.82 bits per heavy atom. The van der Waals surface area contributed by atoms with E-state index < -0.39 is 11.7 Å². The maximum absolute atomic E-state index is 13.1. The molecule has 4 heterocycles. The van der Waals surface area contributed by atoms with Gasteiger partial charge >= 0.3 is 6.18 Å². The predicted octanol–water partition coefficient (Wildman–Crippen LogP) is 3.45. The lowest BCUT2D eigenvalue weighted by Gasteiger charge is -2.34. The molecule has 0 unspecified atom stereocenters. The van der Waals surface area contributed by atoms with Crippen molar-refractivity contribution < 1.29 is 18.0 Å². The van der Waals surface area contributed by atoms with Crippen molar-refractivity contribution in [2.24, 2.45) is 0 Å². The van der Waals surface area contributed by atoms with Crippen LogP contribution in [0.3, 0.4) is 0 Å². The summed E-state index contributed by atoms with van der Waals surface area (Å²) in [5.74, 6) is 0.651. The van der Waals surface area contributed by atoms with E-state index in [-0.39, 0.29) is 23.5 Å². The van der Waals surface area contributed by atoms with Crippen molar-refractivity contribution in [3.63, 3.8) is 0 Å². The van der Waals surface area contributed by atoms with E-state index in [9.17, 15) is 18.0 Å². The standard InChI is InChI=1S/C24H27ClF3N9OS/c25-18-11-16(10-17(12-18)24(26,27)28)13-35-6-8-36(9-7-35)15-21(38)31-23-34-33-22(39-23)30-19-3-5-37(14-19)20-2-1-4-29-32-20/h1-2,4,10-12,19H,3,5-9,13-15H2,(H,30,33)(H,31,34,38)/t19-/m1/s1. The first-order valence-electron chi connectivity index (χ1n) is 12.5. The zero-order valence-electron chi connectivity index (χ0n) is 20.9. The fourth-order valence-corrected chi connectivity index (χ4v) is 5.68. The number of carbonyl (C=O) groups is 1. The predicted molar refractivity (Wildman–Crippen MR) is 143 cm³/mol. The Labute approximate surface area is 232 Å². The highest BCUT2D eigenvalue weighted by molar-refractivity contribution is 7.19.